The molecule has 2 rings (SSSR count). The fourth-order valence-electron chi connectivity index (χ4n) is 1.29. The molecule has 7 nitrogen and oxygen atoms in total. The van der Waals surface area contributed by atoms with Crippen molar-refractivity contribution in [2.24, 2.45) is 0 Å². The number of nitrogens with one attached hydrogen (secondary N) is 2. The van der Waals surface area contributed by atoms with Crippen molar-refractivity contribution in [1.29, 1.82) is 0 Å². The summed E-state index contributed by atoms with van der Waals surface area (Å²) in [6.45, 7) is 0. The minimum Gasteiger partial charge on any atom is -0.495 e. The van der Waals surface area contributed by atoms with E-state index in [1.165, 1.54) is 13.4 Å². The fourth-order valence-corrected chi connectivity index (χ4v) is 1.29. The van der Waals surface area contributed by atoms with Gasteiger partial charge in [-0.15, -0.1) is 0 Å². The summed E-state index contributed by atoms with van der Waals surface area (Å²) < 4.78 is 5.05. The normalized spacial score (nSPS) is 9.94. The predicted molar refractivity (Wildman–Crippen MR) is 61.7 cm³/mol. The molecule has 0 aliphatic rings. The predicted octanol–water partition coefficient (Wildman–Crippen LogP) is 0.648. The van der Waals surface area contributed by atoms with Crippen LogP contribution in [0.25, 0.3) is 0 Å². The van der Waals surface area contributed by atoms with Gasteiger partial charge in [-0.05, 0) is 12.1 Å². The minimum absolute atomic E-state index is 0.140. The number of hydrogen-bond acceptors (Lipinski definition) is 5. The summed E-state index contributed by atoms with van der Waals surface area (Å²) in [5, 5.41) is 8.70. The quantitative estimate of drug-likeness (QED) is 0.675. The van der Waals surface area contributed by atoms with Gasteiger partial charge in [-0.2, -0.15) is 5.10 Å². The summed E-state index contributed by atoms with van der Waals surface area (Å²) in [4.78, 5) is 15.4. The van der Waals surface area contributed by atoms with Crippen LogP contribution in [0.15, 0.2) is 24.5 Å². The maximum absolute atomic E-state index is 11.6. The molecule has 0 saturated heterocycles. The van der Waals surface area contributed by atoms with Crippen molar-refractivity contribution in [1.82, 2.24) is 15.2 Å². The van der Waals surface area contributed by atoms with Gasteiger partial charge in [0.2, 0.25) is 5.82 Å². The van der Waals surface area contributed by atoms with E-state index < -0.39 is 0 Å². The lowest BCUT2D eigenvalue weighted by Crippen LogP contribution is -2.13. The van der Waals surface area contributed by atoms with E-state index in [9.17, 15) is 4.79 Å². The number of rotatable bonds is 3. The maximum atomic E-state index is 11.6. The lowest BCUT2D eigenvalue weighted by atomic mass is 10.2. The number of ether oxygens (including phenoxy) is 1. The van der Waals surface area contributed by atoms with Crippen LogP contribution in [0.2, 0.25) is 0 Å². The number of nitrogen functional groups attached to an aromatic ring is 1. The van der Waals surface area contributed by atoms with Crippen molar-refractivity contribution in [2.75, 3.05) is 18.2 Å². The van der Waals surface area contributed by atoms with Gasteiger partial charge in [0.25, 0.3) is 5.91 Å². The number of H-pyrrole nitrogens is 1. The molecule has 7 heteroatoms. The van der Waals surface area contributed by atoms with Crippen LogP contribution in [0.1, 0.15) is 10.6 Å². The van der Waals surface area contributed by atoms with E-state index in [2.05, 4.69) is 20.5 Å². The molecule has 0 aliphatic carbocycles. The molecule has 2 aromatic rings. The Morgan fingerprint density at radius 3 is 3.00 bits per heavy atom. The Balaban J connectivity index is 2.16. The number of benzene rings is 1. The molecule has 0 atom stereocenters. The smallest absolute Gasteiger partial charge is 0.292 e. The lowest BCUT2D eigenvalue weighted by molar-refractivity contribution is 0.101. The number of aromatic amines is 1. The lowest BCUT2D eigenvalue weighted by Gasteiger charge is -2.07. The van der Waals surface area contributed by atoms with Gasteiger partial charge in [-0.3, -0.25) is 9.89 Å². The first-order chi connectivity index (χ1) is 8.20. The number of hydrogen-bond donors (Lipinski definition) is 3. The van der Waals surface area contributed by atoms with Gasteiger partial charge in [0.05, 0.1) is 12.8 Å². The average molecular weight is 233 g/mol. The standard InChI is InChI=1S/C10H11N5O2/c1-17-8-4-6(2-3-7(8)11)14-10(16)9-12-5-13-15-9/h2-5H,11H2,1H3,(H,14,16)(H,12,13,15). The van der Waals surface area contributed by atoms with Gasteiger partial charge >= 0.3 is 0 Å². The molecule has 0 spiro atoms. The summed E-state index contributed by atoms with van der Waals surface area (Å²) in [6, 6.07) is 4.95. The minimum atomic E-state index is -0.380. The van der Waals surface area contributed by atoms with Crippen LogP contribution < -0.4 is 15.8 Å². The Bertz CT molecular complexity index is 523. The highest BCUT2D eigenvalue weighted by atomic mass is 16.5. The molecular formula is C10H11N5O2. The monoisotopic (exact) mass is 233 g/mol. The van der Waals surface area contributed by atoms with Gasteiger partial charge in [-0.1, -0.05) is 0 Å². The van der Waals surface area contributed by atoms with Crippen LogP contribution in [0.3, 0.4) is 0 Å². The summed E-state index contributed by atoms with van der Waals surface area (Å²) >= 11 is 0. The first kappa shape index (κ1) is 10.9. The molecule has 17 heavy (non-hydrogen) atoms. The number of methoxy groups -OCH3 is 1. The number of amides is 1. The fraction of sp³-hybridized carbons (Fsp3) is 0.100. The number of nitrogens with zero attached hydrogens (tertiary/aromatic N) is 2. The molecule has 1 amide bonds. The van der Waals surface area contributed by atoms with Crippen LogP contribution in [-0.4, -0.2) is 28.2 Å². The molecule has 0 saturated carbocycles. The molecule has 1 heterocycles. The number of carbonyl (C=O) groups is 1. The summed E-state index contributed by atoms with van der Waals surface area (Å²) in [7, 11) is 1.51. The van der Waals surface area contributed by atoms with E-state index >= 15 is 0 Å². The number of anilines is 2. The molecule has 0 unspecified atom stereocenters. The van der Waals surface area contributed by atoms with Crippen LogP contribution >= 0.6 is 0 Å². The Labute approximate surface area is 97.0 Å². The second-order valence-electron chi connectivity index (χ2n) is 3.24. The third-order valence-corrected chi connectivity index (χ3v) is 2.12. The number of aromatic nitrogens is 3. The van der Waals surface area contributed by atoms with Crippen molar-refractivity contribution < 1.29 is 9.53 Å². The van der Waals surface area contributed by atoms with Crippen LogP contribution in [0, 0.1) is 0 Å². The summed E-state index contributed by atoms with van der Waals surface area (Å²) in [6.07, 6.45) is 1.26. The van der Waals surface area contributed by atoms with E-state index in [0.29, 0.717) is 17.1 Å². The number of carbonyl (C=O) groups excluding carboxylic acids is 1. The Kier molecular flexibility index (Phi) is 2.91. The van der Waals surface area contributed by atoms with Crippen LogP contribution in [-0.2, 0) is 0 Å². The zero-order valence-corrected chi connectivity index (χ0v) is 9.10. The molecule has 0 fully saturated rings. The first-order valence-electron chi connectivity index (χ1n) is 4.81. The van der Waals surface area contributed by atoms with E-state index in [1.54, 1.807) is 18.2 Å². The largest absolute Gasteiger partial charge is 0.495 e. The van der Waals surface area contributed by atoms with E-state index in [-0.39, 0.29) is 11.7 Å². The van der Waals surface area contributed by atoms with Crippen molar-refractivity contribution in [3.63, 3.8) is 0 Å². The van der Waals surface area contributed by atoms with Gasteiger partial charge < -0.3 is 15.8 Å². The van der Waals surface area contributed by atoms with Crippen LogP contribution in [0.4, 0.5) is 11.4 Å². The number of nitrogens with two attached hydrogens (primary N) is 1. The highest BCUT2D eigenvalue weighted by Crippen LogP contribution is 2.24. The van der Waals surface area contributed by atoms with Crippen molar-refractivity contribution in [3.05, 3.63) is 30.4 Å². The average Bonchev–Trinajstić information content (AvgIpc) is 2.85. The molecule has 1 aromatic heterocycles. The van der Waals surface area contributed by atoms with Crippen molar-refractivity contribution >= 4 is 17.3 Å². The molecule has 1 aromatic carbocycles. The van der Waals surface area contributed by atoms with Crippen LogP contribution in [0.5, 0.6) is 5.75 Å². The van der Waals surface area contributed by atoms with Crippen molar-refractivity contribution in [2.45, 2.75) is 0 Å². The molecule has 0 radical (unpaired) electrons. The van der Waals surface area contributed by atoms with Gasteiger partial charge in [0.15, 0.2) is 0 Å². The molecule has 88 valence electrons. The van der Waals surface area contributed by atoms with Crippen molar-refractivity contribution in [3.8, 4) is 5.75 Å². The van der Waals surface area contributed by atoms with Gasteiger partial charge in [0, 0.05) is 11.8 Å². The maximum Gasteiger partial charge on any atom is 0.292 e. The van der Waals surface area contributed by atoms with Gasteiger partial charge in [0.1, 0.15) is 12.1 Å². The highest BCUT2D eigenvalue weighted by molar-refractivity contribution is 6.01. The zero-order chi connectivity index (χ0) is 12.3. The second-order valence-corrected chi connectivity index (χ2v) is 3.24. The molecule has 0 bridgehead atoms. The third-order valence-electron chi connectivity index (χ3n) is 2.12. The molecular weight excluding hydrogens is 222 g/mol. The highest BCUT2D eigenvalue weighted by Gasteiger charge is 2.09. The topological polar surface area (TPSA) is 106 Å². The third kappa shape index (κ3) is 2.33. The van der Waals surface area contributed by atoms with E-state index in [1.807, 2.05) is 0 Å². The second kappa shape index (κ2) is 4.52. The van der Waals surface area contributed by atoms with E-state index in [0.717, 1.165) is 0 Å². The SMILES string of the molecule is COc1cc(NC(=O)c2ncn[nH]2)ccc1N. The Morgan fingerprint density at radius 1 is 1.53 bits per heavy atom. The summed E-state index contributed by atoms with van der Waals surface area (Å²) in [5.41, 5.74) is 6.73. The Morgan fingerprint density at radius 2 is 2.35 bits per heavy atom. The first-order valence-corrected chi connectivity index (χ1v) is 4.81. The molecule has 0 aliphatic heterocycles. The Hall–Kier alpha value is -2.57. The zero-order valence-electron chi connectivity index (χ0n) is 9.10. The van der Waals surface area contributed by atoms with E-state index in [4.69, 9.17) is 10.5 Å². The van der Waals surface area contributed by atoms with Gasteiger partial charge in [-0.25, -0.2) is 4.98 Å². The summed E-state index contributed by atoms with van der Waals surface area (Å²) in [5.74, 6) is 0.260. The molecule has 4 N–H and O–H groups in total.